The van der Waals surface area contributed by atoms with Crippen LogP contribution in [0.2, 0.25) is 5.15 Å². The first-order valence-electron chi connectivity index (χ1n) is 7.65. The van der Waals surface area contributed by atoms with Gasteiger partial charge in [0.25, 0.3) is 11.6 Å². The van der Waals surface area contributed by atoms with Crippen LogP contribution >= 0.6 is 22.9 Å². The highest BCUT2D eigenvalue weighted by Gasteiger charge is 2.21. The van der Waals surface area contributed by atoms with Gasteiger partial charge in [-0.2, -0.15) is 0 Å². The Labute approximate surface area is 161 Å². The maximum absolute atomic E-state index is 12.3. The van der Waals surface area contributed by atoms with Gasteiger partial charge in [-0.15, -0.1) is 11.3 Å². The van der Waals surface area contributed by atoms with E-state index < -0.39 is 22.9 Å². The second-order valence-electron chi connectivity index (χ2n) is 5.47. The van der Waals surface area contributed by atoms with Gasteiger partial charge in [0.05, 0.1) is 10.6 Å². The summed E-state index contributed by atoms with van der Waals surface area (Å²) in [5.74, 6) is -1.26. The maximum Gasteiger partial charge on any atom is 0.349 e. The van der Waals surface area contributed by atoms with Crippen molar-refractivity contribution in [2.24, 2.45) is 0 Å². The quantitative estimate of drug-likeness (QED) is 0.297. The van der Waals surface area contributed by atoms with Crippen molar-refractivity contribution in [2.45, 2.75) is 13.0 Å². The van der Waals surface area contributed by atoms with Crippen LogP contribution in [-0.2, 0) is 9.53 Å². The zero-order chi connectivity index (χ0) is 19.6. The van der Waals surface area contributed by atoms with Crippen LogP contribution in [0.25, 0.3) is 10.1 Å². The first kappa shape index (κ1) is 18.7. The van der Waals surface area contributed by atoms with E-state index in [9.17, 15) is 19.7 Å². The van der Waals surface area contributed by atoms with E-state index in [4.69, 9.17) is 16.3 Å². The Kier molecular flexibility index (Phi) is 5.33. The van der Waals surface area contributed by atoms with Gasteiger partial charge in [0.2, 0.25) is 0 Å². The minimum Gasteiger partial charge on any atom is -0.448 e. The predicted octanol–water partition coefficient (Wildman–Crippen LogP) is 4.04. The zero-order valence-corrected chi connectivity index (χ0v) is 15.4. The number of nitro benzene ring substituents is 1. The van der Waals surface area contributed by atoms with E-state index in [0.29, 0.717) is 15.8 Å². The number of fused-ring (bicyclic) bond motifs is 1. The molecule has 0 aliphatic carbocycles. The van der Waals surface area contributed by atoms with Gasteiger partial charge in [-0.25, -0.2) is 9.78 Å². The van der Waals surface area contributed by atoms with Crippen molar-refractivity contribution >= 4 is 56.3 Å². The molecule has 0 bridgehead atoms. The number of non-ortho nitro benzene ring substituents is 1. The molecule has 0 fully saturated rings. The lowest BCUT2D eigenvalue weighted by Crippen LogP contribution is -2.29. The van der Waals surface area contributed by atoms with Crippen LogP contribution < -0.4 is 5.32 Å². The number of nitrogens with one attached hydrogen (secondary N) is 1. The second kappa shape index (κ2) is 7.68. The highest BCUT2D eigenvalue weighted by molar-refractivity contribution is 7.20. The number of pyridine rings is 1. The summed E-state index contributed by atoms with van der Waals surface area (Å²) in [6, 6.07) is 8.98. The van der Waals surface area contributed by atoms with Gasteiger partial charge in [-0.3, -0.25) is 14.9 Å². The molecular weight excluding hydrogens is 394 g/mol. The molecular formula is C17H12ClN3O5S. The number of rotatable bonds is 5. The number of benzene rings is 1. The molecule has 0 spiro atoms. The Morgan fingerprint density at radius 2 is 2.11 bits per heavy atom. The first-order valence-corrected chi connectivity index (χ1v) is 8.85. The summed E-state index contributed by atoms with van der Waals surface area (Å²) in [4.78, 5) is 38.9. The summed E-state index contributed by atoms with van der Waals surface area (Å²) in [5, 5.41) is 14.0. The molecule has 0 unspecified atom stereocenters. The molecule has 0 aliphatic rings. The number of amides is 1. The number of anilines is 1. The summed E-state index contributed by atoms with van der Waals surface area (Å²) < 4.78 is 5.88. The Morgan fingerprint density at radius 1 is 1.33 bits per heavy atom. The van der Waals surface area contributed by atoms with Crippen LogP contribution in [-0.4, -0.2) is 27.9 Å². The van der Waals surface area contributed by atoms with Gasteiger partial charge in [-0.1, -0.05) is 11.6 Å². The van der Waals surface area contributed by atoms with Crippen molar-refractivity contribution in [1.82, 2.24) is 4.98 Å². The van der Waals surface area contributed by atoms with E-state index in [0.717, 1.165) is 11.3 Å². The van der Waals surface area contributed by atoms with E-state index in [1.54, 1.807) is 18.2 Å². The van der Waals surface area contributed by atoms with Crippen LogP contribution in [0, 0.1) is 10.1 Å². The molecule has 27 heavy (non-hydrogen) atoms. The number of carbonyl (C=O) groups is 2. The van der Waals surface area contributed by atoms with Gasteiger partial charge >= 0.3 is 5.97 Å². The topological polar surface area (TPSA) is 111 Å². The summed E-state index contributed by atoms with van der Waals surface area (Å²) in [7, 11) is 0. The highest BCUT2D eigenvalue weighted by atomic mass is 35.5. The highest BCUT2D eigenvalue weighted by Crippen LogP contribution is 2.29. The van der Waals surface area contributed by atoms with Crippen molar-refractivity contribution in [3.05, 3.63) is 62.7 Å². The number of hydrogen-bond donors (Lipinski definition) is 1. The van der Waals surface area contributed by atoms with E-state index in [2.05, 4.69) is 10.3 Å². The third-order valence-electron chi connectivity index (χ3n) is 3.58. The van der Waals surface area contributed by atoms with Crippen molar-refractivity contribution in [3.8, 4) is 0 Å². The molecule has 1 atom stereocenters. The molecule has 0 saturated heterocycles. The number of aromatic nitrogens is 1. The lowest BCUT2D eigenvalue weighted by Gasteiger charge is -2.13. The van der Waals surface area contributed by atoms with Gasteiger partial charge < -0.3 is 10.1 Å². The number of nitro groups is 1. The molecule has 138 valence electrons. The Balaban J connectivity index is 1.70. The summed E-state index contributed by atoms with van der Waals surface area (Å²) in [6.07, 6.45) is 0.404. The normalized spacial score (nSPS) is 11.8. The Morgan fingerprint density at radius 3 is 2.81 bits per heavy atom. The van der Waals surface area contributed by atoms with E-state index in [1.807, 2.05) is 0 Å². The SMILES string of the molecule is C[C@@H](OC(=O)c1cc2cc([N+](=O)[O-])ccc2s1)C(=O)Nc1cccnc1Cl. The van der Waals surface area contributed by atoms with Gasteiger partial charge in [0.1, 0.15) is 4.88 Å². The first-order chi connectivity index (χ1) is 12.8. The van der Waals surface area contributed by atoms with Crippen molar-refractivity contribution in [1.29, 1.82) is 0 Å². The standard InChI is InChI=1S/C17H12ClN3O5S/c1-9(16(22)20-12-3-2-6-19-15(12)18)26-17(23)14-8-10-7-11(21(24)25)4-5-13(10)27-14/h2-9H,1H3,(H,20,22)/t9-/m1/s1. The molecule has 1 amide bonds. The van der Waals surface area contributed by atoms with E-state index >= 15 is 0 Å². The number of thiophene rings is 1. The van der Waals surface area contributed by atoms with E-state index in [1.165, 1.54) is 31.3 Å². The van der Waals surface area contributed by atoms with Crippen molar-refractivity contribution < 1.29 is 19.2 Å². The number of nitrogens with zero attached hydrogens (tertiary/aromatic N) is 2. The molecule has 0 radical (unpaired) electrons. The molecule has 1 N–H and O–H groups in total. The zero-order valence-electron chi connectivity index (χ0n) is 13.8. The summed E-state index contributed by atoms with van der Waals surface area (Å²) >= 11 is 7.00. The number of carbonyl (C=O) groups excluding carboxylic acids is 2. The number of ether oxygens (including phenoxy) is 1. The third-order valence-corrected chi connectivity index (χ3v) is 4.98. The molecule has 2 heterocycles. The predicted molar refractivity (Wildman–Crippen MR) is 101 cm³/mol. The van der Waals surface area contributed by atoms with Gasteiger partial charge in [0.15, 0.2) is 11.3 Å². The number of halogens is 1. The fourth-order valence-corrected chi connectivity index (χ4v) is 3.32. The molecule has 0 saturated carbocycles. The molecule has 8 nitrogen and oxygen atoms in total. The largest absolute Gasteiger partial charge is 0.448 e. The molecule has 0 aliphatic heterocycles. The van der Waals surface area contributed by atoms with Gasteiger partial charge in [-0.05, 0) is 31.2 Å². The minimum absolute atomic E-state index is 0.0682. The third kappa shape index (κ3) is 4.21. The van der Waals surface area contributed by atoms with Crippen LogP contribution in [0.1, 0.15) is 16.6 Å². The smallest absolute Gasteiger partial charge is 0.349 e. The number of hydrogen-bond acceptors (Lipinski definition) is 7. The minimum atomic E-state index is -1.08. The van der Waals surface area contributed by atoms with Crippen LogP contribution in [0.4, 0.5) is 11.4 Å². The van der Waals surface area contributed by atoms with Gasteiger partial charge in [0, 0.05) is 28.4 Å². The van der Waals surface area contributed by atoms with Crippen LogP contribution in [0.5, 0.6) is 0 Å². The molecule has 10 heteroatoms. The Hall–Kier alpha value is -3.04. The lowest BCUT2D eigenvalue weighted by molar-refractivity contribution is -0.384. The second-order valence-corrected chi connectivity index (χ2v) is 6.91. The van der Waals surface area contributed by atoms with Crippen molar-refractivity contribution in [3.63, 3.8) is 0 Å². The fraction of sp³-hybridized carbons (Fsp3) is 0.118. The average molecular weight is 406 g/mol. The fourth-order valence-electron chi connectivity index (χ4n) is 2.23. The Bertz CT molecular complexity index is 1050. The van der Waals surface area contributed by atoms with E-state index in [-0.39, 0.29) is 15.7 Å². The van der Waals surface area contributed by atoms with Crippen LogP contribution in [0.15, 0.2) is 42.6 Å². The summed E-state index contributed by atoms with van der Waals surface area (Å²) in [6.45, 7) is 1.43. The lowest BCUT2D eigenvalue weighted by atomic mass is 10.2. The molecule has 1 aromatic carbocycles. The molecule has 3 rings (SSSR count). The van der Waals surface area contributed by atoms with Crippen molar-refractivity contribution in [2.75, 3.05) is 5.32 Å². The summed E-state index contributed by atoms with van der Waals surface area (Å²) in [5.41, 5.74) is 0.238. The maximum atomic E-state index is 12.3. The molecule has 2 aromatic heterocycles. The molecule has 3 aromatic rings. The van der Waals surface area contributed by atoms with Crippen LogP contribution in [0.3, 0.4) is 0 Å². The monoisotopic (exact) mass is 405 g/mol. The average Bonchev–Trinajstić information content (AvgIpc) is 3.06. The number of esters is 1.